The van der Waals surface area contributed by atoms with Gasteiger partial charge in [-0.2, -0.15) is 0 Å². The first-order valence-electron chi connectivity index (χ1n) is 5.95. The summed E-state index contributed by atoms with van der Waals surface area (Å²) in [5.74, 6) is -0.405. The van der Waals surface area contributed by atoms with Crippen molar-refractivity contribution in [2.24, 2.45) is 0 Å². The third kappa shape index (κ3) is 1.71. The van der Waals surface area contributed by atoms with E-state index in [1.165, 1.54) is 0 Å². The minimum atomic E-state index is -1.000. The van der Waals surface area contributed by atoms with Crippen molar-refractivity contribution in [3.8, 4) is 11.3 Å². The summed E-state index contributed by atoms with van der Waals surface area (Å²) in [5, 5.41) is 10.2. The molecule has 0 aliphatic heterocycles. The second kappa shape index (κ2) is 3.98. The molecule has 0 saturated carbocycles. The fourth-order valence-corrected chi connectivity index (χ4v) is 2.41. The summed E-state index contributed by atoms with van der Waals surface area (Å²) >= 11 is 0. The van der Waals surface area contributed by atoms with Gasteiger partial charge in [0.1, 0.15) is 11.5 Å². The van der Waals surface area contributed by atoms with Gasteiger partial charge < -0.3 is 15.1 Å². The van der Waals surface area contributed by atoms with Gasteiger partial charge in [-0.15, -0.1) is 0 Å². The maximum atomic E-state index is 11.3. The number of hydrogen-bond donors (Lipinski definition) is 3. The number of hydrogen-bond acceptors (Lipinski definition) is 2. The molecule has 0 radical (unpaired) electrons. The Hall–Kier alpha value is -2.56. The van der Waals surface area contributed by atoms with E-state index < -0.39 is 5.97 Å². The van der Waals surface area contributed by atoms with E-state index in [1.807, 2.05) is 31.2 Å². The van der Waals surface area contributed by atoms with Crippen LogP contribution in [0.2, 0.25) is 0 Å². The summed E-state index contributed by atoms with van der Waals surface area (Å²) in [6.45, 7) is 3.67. The number of H-pyrrole nitrogens is 2. The zero-order valence-corrected chi connectivity index (χ0v) is 10.6. The standard InChI is InChI=1S/C14H13N3O2/c1-7-11(9-5-3-4-6-10(9)15-7)12-13(14(18)19)17-8(2)16-12/h3-6,15H,1-2H3,(H,16,17)(H,18,19). The smallest absolute Gasteiger partial charge is 0.354 e. The Bertz CT molecular complexity index is 783. The first-order valence-corrected chi connectivity index (χ1v) is 5.95. The van der Waals surface area contributed by atoms with Gasteiger partial charge in [0, 0.05) is 22.2 Å². The second-order valence-corrected chi connectivity index (χ2v) is 4.52. The minimum Gasteiger partial charge on any atom is -0.477 e. The van der Waals surface area contributed by atoms with Crippen LogP contribution < -0.4 is 0 Å². The maximum Gasteiger partial charge on any atom is 0.354 e. The Kier molecular flexibility index (Phi) is 2.41. The van der Waals surface area contributed by atoms with E-state index in [4.69, 9.17) is 0 Å². The third-order valence-corrected chi connectivity index (χ3v) is 3.17. The number of aromatic nitrogens is 3. The molecule has 96 valence electrons. The van der Waals surface area contributed by atoms with Crippen molar-refractivity contribution in [3.63, 3.8) is 0 Å². The lowest BCUT2D eigenvalue weighted by atomic mass is 10.1. The number of para-hydroxylation sites is 1. The molecule has 0 atom stereocenters. The Morgan fingerprint density at radius 3 is 2.68 bits per heavy atom. The zero-order valence-electron chi connectivity index (χ0n) is 10.6. The number of carboxylic acids is 1. The number of nitrogens with zero attached hydrogens (tertiary/aromatic N) is 1. The number of nitrogens with one attached hydrogen (secondary N) is 2. The van der Waals surface area contributed by atoms with Crippen molar-refractivity contribution in [1.82, 2.24) is 15.0 Å². The molecule has 19 heavy (non-hydrogen) atoms. The highest BCUT2D eigenvalue weighted by Gasteiger charge is 2.21. The van der Waals surface area contributed by atoms with E-state index in [0.29, 0.717) is 11.5 Å². The molecule has 5 heteroatoms. The minimum absolute atomic E-state index is 0.130. The lowest BCUT2D eigenvalue weighted by molar-refractivity contribution is 0.0692. The van der Waals surface area contributed by atoms with Crippen LogP contribution >= 0.6 is 0 Å². The summed E-state index contributed by atoms with van der Waals surface area (Å²) in [6, 6.07) is 7.80. The van der Waals surface area contributed by atoms with Gasteiger partial charge in [-0.25, -0.2) is 9.78 Å². The van der Waals surface area contributed by atoms with E-state index in [1.54, 1.807) is 6.92 Å². The number of carbonyl (C=O) groups is 1. The van der Waals surface area contributed by atoms with Gasteiger partial charge in [-0.05, 0) is 19.9 Å². The van der Waals surface area contributed by atoms with Crippen LogP contribution in [0.15, 0.2) is 24.3 Å². The second-order valence-electron chi connectivity index (χ2n) is 4.52. The Morgan fingerprint density at radius 2 is 1.95 bits per heavy atom. The number of carboxylic acid groups (broad SMARTS) is 1. The molecule has 0 aliphatic rings. The van der Waals surface area contributed by atoms with Crippen molar-refractivity contribution in [3.05, 3.63) is 41.5 Å². The molecule has 3 N–H and O–H groups in total. The van der Waals surface area contributed by atoms with E-state index in [9.17, 15) is 9.90 Å². The lowest BCUT2D eigenvalue weighted by Crippen LogP contribution is -1.99. The Balaban J connectivity index is 2.36. The number of rotatable bonds is 2. The van der Waals surface area contributed by atoms with Gasteiger partial charge in [0.15, 0.2) is 5.69 Å². The quantitative estimate of drug-likeness (QED) is 0.658. The van der Waals surface area contributed by atoms with Crippen LogP contribution in [-0.2, 0) is 0 Å². The monoisotopic (exact) mass is 255 g/mol. The van der Waals surface area contributed by atoms with Crippen LogP contribution in [0.5, 0.6) is 0 Å². The highest BCUT2D eigenvalue weighted by molar-refractivity contribution is 6.02. The summed E-state index contributed by atoms with van der Waals surface area (Å²) in [7, 11) is 0. The number of fused-ring (bicyclic) bond motifs is 1. The molecule has 5 nitrogen and oxygen atoms in total. The summed E-state index contributed by atoms with van der Waals surface area (Å²) in [4.78, 5) is 21.7. The number of imidazole rings is 1. The molecule has 0 fully saturated rings. The predicted octanol–water partition coefficient (Wildman–Crippen LogP) is 2.87. The van der Waals surface area contributed by atoms with Crippen LogP contribution in [0.4, 0.5) is 0 Å². The fraction of sp³-hybridized carbons (Fsp3) is 0.143. The Labute approximate surface area is 109 Å². The maximum absolute atomic E-state index is 11.3. The first kappa shape index (κ1) is 11.5. The zero-order chi connectivity index (χ0) is 13.6. The van der Waals surface area contributed by atoms with Crippen molar-refractivity contribution in [2.75, 3.05) is 0 Å². The summed E-state index contributed by atoms with van der Waals surface area (Å²) < 4.78 is 0. The highest BCUT2D eigenvalue weighted by atomic mass is 16.4. The molecule has 0 amide bonds. The van der Waals surface area contributed by atoms with Gasteiger partial charge >= 0.3 is 5.97 Å². The largest absolute Gasteiger partial charge is 0.477 e. The normalized spacial score (nSPS) is 11.1. The van der Waals surface area contributed by atoms with Crippen LogP contribution in [0.25, 0.3) is 22.2 Å². The molecule has 3 rings (SSSR count). The molecule has 0 unspecified atom stereocenters. The molecule has 2 aromatic heterocycles. The molecule has 0 saturated heterocycles. The molecule has 2 heterocycles. The van der Waals surface area contributed by atoms with Gasteiger partial charge in [0.2, 0.25) is 0 Å². The van der Waals surface area contributed by atoms with Crippen LogP contribution in [-0.4, -0.2) is 26.0 Å². The number of aromatic amines is 2. The molecule has 1 aromatic carbocycles. The molecular weight excluding hydrogens is 242 g/mol. The SMILES string of the molecule is Cc1nc(-c2c(C)[nH]c3ccccc23)c(C(=O)O)[nH]1. The van der Waals surface area contributed by atoms with Gasteiger partial charge in [-0.3, -0.25) is 0 Å². The highest BCUT2D eigenvalue weighted by Crippen LogP contribution is 2.32. The van der Waals surface area contributed by atoms with Crippen molar-refractivity contribution < 1.29 is 9.90 Å². The van der Waals surface area contributed by atoms with E-state index in [-0.39, 0.29) is 5.69 Å². The van der Waals surface area contributed by atoms with Gasteiger partial charge in [-0.1, -0.05) is 18.2 Å². The summed E-state index contributed by atoms with van der Waals surface area (Å²) in [5.41, 5.74) is 3.35. The van der Waals surface area contributed by atoms with Gasteiger partial charge in [0.05, 0.1) is 0 Å². The summed E-state index contributed by atoms with van der Waals surface area (Å²) in [6.07, 6.45) is 0. The topological polar surface area (TPSA) is 81.8 Å². The van der Waals surface area contributed by atoms with E-state index in [0.717, 1.165) is 22.2 Å². The fourth-order valence-electron chi connectivity index (χ4n) is 2.41. The molecule has 0 spiro atoms. The number of aryl methyl sites for hydroxylation is 2. The molecular formula is C14H13N3O2. The molecule has 0 bridgehead atoms. The average Bonchev–Trinajstić information content (AvgIpc) is 2.88. The lowest BCUT2D eigenvalue weighted by Gasteiger charge is -1.99. The number of aromatic carboxylic acids is 1. The third-order valence-electron chi connectivity index (χ3n) is 3.17. The Morgan fingerprint density at radius 1 is 1.21 bits per heavy atom. The predicted molar refractivity (Wildman–Crippen MR) is 72.3 cm³/mol. The van der Waals surface area contributed by atoms with Crippen LogP contribution in [0.3, 0.4) is 0 Å². The van der Waals surface area contributed by atoms with Crippen LogP contribution in [0, 0.1) is 13.8 Å². The van der Waals surface area contributed by atoms with E-state index in [2.05, 4.69) is 15.0 Å². The van der Waals surface area contributed by atoms with Crippen LogP contribution in [0.1, 0.15) is 22.0 Å². The van der Waals surface area contributed by atoms with Crippen molar-refractivity contribution >= 4 is 16.9 Å². The molecule has 0 aliphatic carbocycles. The van der Waals surface area contributed by atoms with Crippen molar-refractivity contribution in [2.45, 2.75) is 13.8 Å². The first-order chi connectivity index (χ1) is 9.08. The van der Waals surface area contributed by atoms with E-state index >= 15 is 0 Å². The average molecular weight is 255 g/mol. The van der Waals surface area contributed by atoms with Crippen molar-refractivity contribution in [1.29, 1.82) is 0 Å². The molecule has 3 aromatic rings. The number of benzene rings is 1. The van der Waals surface area contributed by atoms with Gasteiger partial charge in [0.25, 0.3) is 0 Å².